The Morgan fingerprint density at radius 3 is 0.886 bits per heavy atom. The van der Waals surface area contributed by atoms with Crippen molar-refractivity contribution in [1.82, 2.24) is 0 Å². The smallest absolute Gasteiger partial charge is 0.0622 e. The van der Waals surface area contributed by atoms with Crippen molar-refractivity contribution in [1.29, 1.82) is 0 Å². The first-order valence-electron chi connectivity index (χ1n) is 30.8. The fourth-order valence-corrected chi connectivity index (χ4v) is 14.6. The van der Waals surface area contributed by atoms with Crippen LogP contribution in [-0.2, 0) is 10.8 Å². The van der Waals surface area contributed by atoms with Crippen LogP contribution in [0.5, 0.6) is 0 Å². The van der Waals surface area contributed by atoms with Crippen LogP contribution in [-0.4, -0.2) is 0 Å². The van der Waals surface area contributed by atoms with Gasteiger partial charge in [0, 0.05) is 5.41 Å². The van der Waals surface area contributed by atoms with E-state index in [0.717, 1.165) is 0 Å². The molecule has 16 rings (SSSR count). The first-order chi connectivity index (χ1) is 43.3. The monoisotopic (exact) mass is 1120 g/mol. The van der Waals surface area contributed by atoms with Crippen LogP contribution in [0.2, 0.25) is 0 Å². The highest BCUT2D eigenvalue weighted by atomic mass is 14.5. The summed E-state index contributed by atoms with van der Waals surface area (Å²) >= 11 is 0. The van der Waals surface area contributed by atoms with E-state index in [9.17, 15) is 0 Å². The molecule has 0 saturated carbocycles. The average Bonchev–Trinajstić information content (AvgIpc) is 1.51. The second-order valence-corrected chi connectivity index (χ2v) is 24.3. The highest BCUT2D eigenvalue weighted by molar-refractivity contribution is 6.01. The largest absolute Gasteiger partial charge is 0.0714 e. The Labute approximate surface area is 517 Å². The van der Waals surface area contributed by atoms with Crippen molar-refractivity contribution >= 4 is 0 Å². The van der Waals surface area contributed by atoms with Gasteiger partial charge < -0.3 is 0 Å². The van der Waals surface area contributed by atoms with E-state index in [1.807, 2.05) is 0 Å². The van der Waals surface area contributed by atoms with E-state index in [0.29, 0.717) is 0 Å². The van der Waals surface area contributed by atoms with Crippen LogP contribution in [0.15, 0.2) is 340 Å². The summed E-state index contributed by atoms with van der Waals surface area (Å²) in [6.45, 7) is 4.81. The summed E-state index contributed by atoms with van der Waals surface area (Å²) in [4.78, 5) is 0. The zero-order valence-electron chi connectivity index (χ0n) is 49.3. The van der Waals surface area contributed by atoms with E-state index in [-0.39, 0.29) is 5.41 Å². The number of hydrogen-bond acceptors (Lipinski definition) is 0. The molecule has 0 spiro atoms. The third kappa shape index (κ3) is 8.99. The topological polar surface area (TPSA) is 0 Å². The SMILES string of the molecule is CC1(C)c2ccccc2-c2c1ccc1c2-c2ccc(-c3ccccc3)cc2C1(c1cccc(-c2cccc(-c3cc(-c4ccccc4)cc(-c4ccccc4)c3)c2)c1)c1cccc(-c2cccc(-c3cc(-c4ccccc4)cc(-c4ccccc4)c3)c2)c1. The zero-order valence-corrected chi connectivity index (χ0v) is 49.3. The molecule has 0 radical (unpaired) electrons. The van der Waals surface area contributed by atoms with Gasteiger partial charge in [0.25, 0.3) is 0 Å². The van der Waals surface area contributed by atoms with Crippen molar-refractivity contribution in [2.75, 3.05) is 0 Å². The maximum Gasteiger partial charge on any atom is 0.0714 e. The van der Waals surface area contributed by atoms with E-state index < -0.39 is 5.41 Å². The van der Waals surface area contributed by atoms with Gasteiger partial charge in [0.15, 0.2) is 0 Å². The van der Waals surface area contributed by atoms with Gasteiger partial charge in [0.05, 0.1) is 5.41 Å². The molecule has 0 nitrogen and oxygen atoms in total. The Kier molecular flexibility index (Phi) is 12.9. The van der Waals surface area contributed by atoms with E-state index in [2.05, 4.69) is 354 Å². The van der Waals surface area contributed by atoms with Gasteiger partial charge in [0.1, 0.15) is 0 Å². The highest BCUT2D eigenvalue weighted by Crippen LogP contribution is 2.63. The van der Waals surface area contributed by atoms with Crippen LogP contribution in [0.4, 0.5) is 0 Å². The highest BCUT2D eigenvalue weighted by Gasteiger charge is 2.50. The summed E-state index contributed by atoms with van der Waals surface area (Å²) in [5, 5.41) is 0. The fraction of sp³-hybridized carbons (Fsp3) is 0.0455. The lowest BCUT2D eigenvalue weighted by molar-refractivity contribution is 0.659. The molecule has 0 aromatic heterocycles. The molecule has 0 unspecified atom stereocenters. The summed E-state index contributed by atoms with van der Waals surface area (Å²) in [5.74, 6) is 0. The minimum absolute atomic E-state index is 0.183. The van der Waals surface area contributed by atoms with Crippen LogP contribution in [0.1, 0.15) is 47.2 Å². The van der Waals surface area contributed by atoms with E-state index in [1.54, 1.807) is 0 Å². The maximum absolute atomic E-state index is 2.53. The van der Waals surface area contributed by atoms with Crippen LogP contribution in [0.25, 0.3) is 122 Å². The number of fused-ring (bicyclic) bond motifs is 7. The third-order valence-corrected chi connectivity index (χ3v) is 18.9. The standard InChI is InChI=1S/C88H62/c1-87(2)81-43-19-18-42-79(81)85-82(87)46-47-83-86(85)80-45-44-70(59-24-8-3-9-25-59)58-84(80)88(83,77-40-22-38-68(56-77)64-34-20-36-66(48-64)75-52-71(60-26-10-4-11-27-60)50-72(53-75)61-28-12-5-13-29-61)78-41-23-39-69(57-78)65-35-21-37-67(49-65)76-54-73(62-30-14-6-15-31-62)51-74(55-76)63-32-16-7-17-33-63/h3-58H,1-2H3. The fourth-order valence-electron chi connectivity index (χ4n) is 14.6. The Morgan fingerprint density at radius 1 is 0.170 bits per heavy atom. The Bertz CT molecular complexity index is 4630. The van der Waals surface area contributed by atoms with Crippen LogP contribution in [0.3, 0.4) is 0 Å². The minimum atomic E-state index is -0.753. The molecule has 88 heavy (non-hydrogen) atoms. The van der Waals surface area contributed by atoms with E-state index in [1.165, 1.54) is 156 Å². The molecule has 0 amide bonds. The number of benzene rings is 14. The van der Waals surface area contributed by atoms with Gasteiger partial charge in [0.2, 0.25) is 0 Å². The van der Waals surface area contributed by atoms with Crippen molar-refractivity contribution in [2.45, 2.75) is 24.7 Å². The van der Waals surface area contributed by atoms with Gasteiger partial charge in [-0.05, 0) is 223 Å². The van der Waals surface area contributed by atoms with E-state index in [4.69, 9.17) is 0 Å². The van der Waals surface area contributed by atoms with E-state index >= 15 is 0 Å². The average molecular weight is 1120 g/mol. The summed E-state index contributed by atoms with van der Waals surface area (Å²) < 4.78 is 0. The lowest BCUT2D eigenvalue weighted by atomic mass is 9.66. The van der Waals surface area contributed by atoms with Gasteiger partial charge in [-0.15, -0.1) is 0 Å². The molecule has 14 aromatic carbocycles. The molecule has 0 bridgehead atoms. The molecule has 414 valence electrons. The van der Waals surface area contributed by atoms with Crippen molar-refractivity contribution in [3.8, 4) is 122 Å². The molecule has 0 N–H and O–H groups in total. The maximum atomic E-state index is 2.53. The minimum Gasteiger partial charge on any atom is -0.0622 e. The molecule has 0 aliphatic heterocycles. The molecule has 14 aromatic rings. The Hall–Kier alpha value is -10.9. The summed E-state index contributed by atoms with van der Waals surface area (Å²) in [6, 6.07) is 127. The van der Waals surface area contributed by atoms with Crippen LogP contribution >= 0.6 is 0 Å². The third-order valence-electron chi connectivity index (χ3n) is 18.9. The Morgan fingerprint density at radius 2 is 0.455 bits per heavy atom. The quantitative estimate of drug-likeness (QED) is 0.121. The van der Waals surface area contributed by atoms with Gasteiger partial charge >= 0.3 is 0 Å². The first-order valence-corrected chi connectivity index (χ1v) is 30.8. The van der Waals surface area contributed by atoms with Crippen LogP contribution < -0.4 is 0 Å². The van der Waals surface area contributed by atoms with Crippen molar-refractivity contribution < 1.29 is 0 Å². The molecule has 0 fully saturated rings. The second kappa shape index (κ2) is 21.5. The molecule has 2 aliphatic rings. The van der Waals surface area contributed by atoms with Crippen molar-refractivity contribution in [3.05, 3.63) is 373 Å². The molecule has 2 aliphatic carbocycles. The molecule has 0 saturated heterocycles. The lowest BCUT2D eigenvalue weighted by Gasteiger charge is -2.35. The second-order valence-electron chi connectivity index (χ2n) is 24.3. The summed E-state index contributed by atoms with van der Waals surface area (Å²) in [5.41, 5.74) is 33.4. The molecular weight excluding hydrogens is 1060 g/mol. The molecule has 0 heterocycles. The lowest BCUT2D eigenvalue weighted by Crippen LogP contribution is -2.29. The normalized spacial score (nSPS) is 13.1. The van der Waals surface area contributed by atoms with Gasteiger partial charge in [-0.1, -0.05) is 287 Å². The first kappa shape index (κ1) is 52.6. The predicted molar refractivity (Wildman–Crippen MR) is 370 cm³/mol. The molecule has 0 atom stereocenters. The zero-order chi connectivity index (χ0) is 58.8. The molecular formula is C88H62. The summed E-state index contributed by atoms with van der Waals surface area (Å²) in [7, 11) is 0. The predicted octanol–water partition coefficient (Wildman–Crippen LogP) is 23.4. The van der Waals surface area contributed by atoms with Gasteiger partial charge in [-0.25, -0.2) is 0 Å². The van der Waals surface area contributed by atoms with Gasteiger partial charge in [-0.2, -0.15) is 0 Å². The van der Waals surface area contributed by atoms with Crippen LogP contribution in [0, 0.1) is 0 Å². The summed E-state index contributed by atoms with van der Waals surface area (Å²) in [6.07, 6.45) is 0. The number of rotatable bonds is 11. The molecule has 0 heteroatoms. The van der Waals surface area contributed by atoms with Crippen molar-refractivity contribution in [3.63, 3.8) is 0 Å². The number of hydrogen-bond donors (Lipinski definition) is 0. The Balaban J connectivity index is 0.910. The van der Waals surface area contributed by atoms with Gasteiger partial charge in [-0.3, -0.25) is 0 Å². The van der Waals surface area contributed by atoms with Crippen molar-refractivity contribution in [2.24, 2.45) is 0 Å².